The molecule has 0 N–H and O–H groups in total. The maximum absolute atomic E-state index is 14.5. The Morgan fingerprint density at radius 1 is 0.842 bits per heavy atom. The molecular weight excluding hydrogens is 326 g/mol. The van der Waals surface area contributed by atoms with Gasteiger partial charge in [0, 0.05) is 0 Å². The minimum absolute atomic E-state index is 0.202. The highest BCUT2D eigenvalue weighted by atomic mass is 79.9. The molecule has 0 nitrogen and oxygen atoms in total. The third-order valence-electron chi connectivity index (χ3n) is 4.37. The van der Waals surface area contributed by atoms with Gasteiger partial charge < -0.3 is 0 Å². The van der Waals surface area contributed by atoms with E-state index in [1.54, 1.807) is 12.1 Å². The maximum Gasteiger partial charge on any atom is 0.172 e. The number of rotatable bonds is 4. The van der Waals surface area contributed by atoms with Crippen LogP contribution in [0.1, 0.15) is 41.5 Å². The van der Waals surface area contributed by atoms with Crippen molar-refractivity contribution in [3.05, 3.63) is 28.2 Å². The summed E-state index contributed by atoms with van der Waals surface area (Å²) in [6, 6.07) is 3.43. The van der Waals surface area contributed by atoms with Gasteiger partial charge in [0.05, 0.1) is 12.5 Å². The van der Waals surface area contributed by atoms with E-state index in [-0.39, 0.29) is 4.47 Å². The van der Waals surface area contributed by atoms with Crippen LogP contribution < -0.4 is 5.19 Å². The fraction of sp³-hybridized carbons (Fsp3) is 0.600. The van der Waals surface area contributed by atoms with Gasteiger partial charge in [-0.1, -0.05) is 47.6 Å². The molecule has 0 aliphatic rings. The summed E-state index contributed by atoms with van der Waals surface area (Å²) < 4.78 is 28.6. The predicted molar refractivity (Wildman–Crippen MR) is 84.7 cm³/mol. The van der Waals surface area contributed by atoms with Crippen LogP contribution in [0.3, 0.4) is 0 Å². The van der Waals surface area contributed by atoms with Crippen LogP contribution in [-0.4, -0.2) is 8.07 Å². The molecule has 4 heteroatoms. The van der Waals surface area contributed by atoms with Crippen molar-refractivity contribution in [1.82, 2.24) is 0 Å². The van der Waals surface area contributed by atoms with E-state index in [2.05, 4.69) is 57.5 Å². The van der Waals surface area contributed by atoms with Gasteiger partial charge in [-0.15, -0.1) is 0 Å². The smallest absolute Gasteiger partial charge is 0.172 e. The SMILES string of the molecule is CC(C)[Si](c1ccc(Br)c(F)c1F)(C(C)C)C(C)C. The van der Waals surface area contributed by atoms with E-state index in [4.69, 9.17) is 0 Å². The molecule has 0 saturated heterocycles. The van der Waals surface area contributed by atoms with Crippen molar-refractivity contribution in [3.63, 3.8) is 0 Å². The van der Waals surface area contributed by atoms with E-state index in [1.807, 2.05) is 0 Å². The highest BCUT2D eigenvalue weighted by molar-refractivity contribution is 9.10. The van der Waals surface area contributed by atoms with E-state index in [0.717, 1.165) is 0 Å². The molecule has 19 heavy (non-hydrogen) atoms. The summed E-state index contributed by atoms with van der Waals surface area (Å²) in [5.74, 6) is -1.41. The number of benzene rings is 1. The lowest BCUT2D eigenvalue weighted by Gasteiger charge is -2.43. The summed E-state index contributed by atoms with van der Waals surface area (Å²) in [6.07, 6.45) is 0. The fourth-order valence-corrected chi connectivity index (χ4v) is 10.8. The normalized spacial score (nSPS) is 12.8. The fourth-order valence-electron chi connectivity index (χ4n) is 3.79. The highest BCUT2D eigenvalue weighted by Crippen LogP contribution is 2.41. The Kier molecular flexibility index (Phi) is 5.35. The topological polar surface area (TPSA) is 0 Å². The van der Waals surface area contributed by atoms with Crippen LogP contribution in [0.15, 0.2) is 16.6 Å². The van der Waals surface area contributed by atoms with Gasteiger partial charge in [0.1, 0.15) is 0 Å². The first kappa shape index (κ1) is 16.8. The molecule has 0 amide bonds. The lowest BCUT2D eigenvalue weighted by atomic mass is 10.3. The first-order valence-corrected chi connectivity index (χ1v) is 9.83. The summed E-state index contributed by atoms with van der Waals surface area (Å²) in [6.45, 7) is 12.9. The van der Waals surface area contributed by atoms with Crippen molar-refractivity contribution < 1.29 is 8.78 Å². The molecule has 1 aromatic rings. The zero-order chi connectivity index (χ0) is 15.0. The predicted octanol–water partition coefficient (Wildman–Crippen LogP) is 5.61. The summed E-state index contributed by atoms with van der Waals surface area (Å²) in [4.78, 5) is 0. The second-order valence-corrected chi connectivity index (χ2v) is 12.8. The van der Waals surface area contributed by atoms with Crippen LogP contribution in [0.4, 0.5) is 8.78 Å². The van der Waals surface area contributed by atoms with Crippen LogP contribution in [0.25, 0.3) is 0 Å². The van der Waals surface area contributed by atoms with Crippen molar-refractivity contribution in [2.75, 3.05) is 0 Å². The van der Waals surface area contributed by atoms with Gasteiger partial charge >= 0.3 is 0 Å². The first-order chi connectivity index (χ1) is 8.67. The third kappa shape index (κ3) is 2.66. The molecular formula is C15H23BrF2Si. The lowest BCUT2D eigenvalue weighted by molar-refractivity contribution is 0.508. The number of hydrogen-bond acceptors (Lipinski definition) is 0. The summed E-state index contributed by atoms with van der Waals surface area (Å²) in [5, 5.41) is 0.633. The van der Waals surface area contributed by atoms with Gasteiger partial charge in [-0.2, -0.15) is 0 Å². The van der Waals surface area contributed by atoms with E-state index in [0.29, 0.717) is 21.8 Å². The Labute approximate surface area is 124 Å². The van der Waals surface area contributed by atoms with E-state index < -0.39 is 19.7 Å². The lowest BCUT2D eigenvalue weighted by Crippen LogP contribution is -2.57. The average Bonchev–Trinajstić information content (AvgIpc) is 2.28. The van der Waals surface area contributed by atoms with Gasteiger partial charge in [-0.05, 0) is 43.8 Å². The monoisotopic (exact) mass is 348 g/mol. The number of hydrogen-bond donors (Lipinski definition) is 0. The molecule has 0 heterocycles. The Morgan fingerprint density at radius 3 is 1.63 bits per heavy atom. The van der Waals surface area contributed by atoms with Gasteiger partial charge in [0.2, 0.25) is 0 Å². The van der Waals surface area contributed by atoms with Crippen molar-refractivity contribution in [2.24, 2.45) is 0 Å². The second kappa shape index (κ2) is 6.04. The van der Waals surface area contributed by atoms with Crippen molar-refractivity contribution in [3.8, 4) is 0 Å². The van der Waals surface area contributed by atoms with Gasteiger partial charge in [-0.25, -0.2) is 8.78 Å². The van der Waals surface area contributed by atoms with Crippen LogP contribution in [0.2, 0.25) is 16.6 Å². The molecule has 0 spiro atoms. The molecule has 0 unspecified atom stereocenters. The Bertz CT molecular complexity index is 434. The standard InChI is InChI=1S/C15H23BrF2Si/c1-9(2)19(10(3)4,11(5)6)13-8-7-12(16)14(17)15(13)18/h7-11H,1-6H3. The highest BCUT2D eigenvalue weighted by Gasteiger charge is 2.46. The summed E-state index contributed by atoms with van der Waals surface area (Å²) in [7, 11) is -2.14. The Balaban J connectivity index is 3.64. The zero-order valence-corrected chi connectivity index (χ0v) is 15.1. The largest absolute Gasteiger partial charge is 0.204 e. The summed E-state index contributed by atoms with van der Waals surface area (Å²) >= 11 is 3.06. The molecule has 108 valence electrons. The second-order valence-electron chi connectivity index (χ2n) is 6.12. The Hall–Kier alpha value is -0.223. The summed E-state index contributed by atoms with van der Waals surface area (Å²) in [5.41, 5.74) is 1.09. The molecule has 0 atom stereocenters. The number of halogens is 3. The first-order valence-electron chi connectivity index (χ1n) is 6.81. The van der Waals surface area contributed by atoms with Gasteiger partial charge in [0.15, 0.2) is 11.6 Å². The molecule has 0 aliphatic heterocycles. The Morgan fingerprint density at radius 2 is 1.26 bits per heavy atom. The van der Waals surface area contributed by atoms with Gasteiger partial charge in [0.25, 0.3) is 0 Å². The maximum atomic E-state index is 14.5. The quantitative estimate of drug-likeness (QED) is 0.489. The molecule has 0 bridgehead atoms. The van der Waals surface area contributed by atoms with Crippen LogP contribution >= 0.6 is 15.9 Å². The van der Waals surface area contributed by atoms with Gasteiger partial charge in [-0.3, -0.25) is 0 Å². The van der Waals surface area contributed by atoms with E-state index >= 15 is 0 Å². The van der Waals surface area contributed by atoms with Crippen molar-refractivity contribution >= 4 is 29.2 Å². The van der Waals surface area contributed by atoms with Crippen molar-refractivity contribution in [1.29, 1.82) is 0 Å². The minimum atomic E-state index is -2.14. The molecule has 0 aromatic heterocycles. The van der Waals surface area contributed by atoms with Crippen LogP contribution in [0, 0.1) is 11.6 Å². The zero-order valence-electron chi connectivity index (χ0n) is 12.5. The van der Waals surface area contributed by atoms with Crippen molar-refractivity contribution in [2.45, 2.75) is 58.2 Å². The third-order valence-corrected chi connectivity index (χ3v) is 12.0. The minimum Gasteiger partial charge on any atom is -0.204 e. The van der Waals surface area contributed by atoms with Crippen LogP contribution in [-0.2, 0) is 0 Å². The molecule has 1 rings (SSSR count). The molecule has 0 saturated carbocycles. The molecule has 0 aliphatic carbocycles. The molecule has 0 radical (unpaired) electrons. The molecule has 0 fully saturated rings. The van der Waals surface area contributed by atoms with Crippen LogP contribution in [0.5, 0.6) is 0 Å². The van der Waals surface area contributed by atoms with E-state index in [9.17, 15) is 8.78 Å². The van der Waals surface area contributed by atoms with E-state index in [1.165, 1.54) is 0 Å². The average molecular weight is 349 g/mol. The molecule has 1 aromatic carbocycles.